The SMILES string of the molecule is Cc1cc(/C=C(/C#N)C(=O)N[C@@H](C)c2ccccc2)c(C)n1-c1ccc(O)cc1. The Morgan fingerprint density at radius 3 is 2.41 bits per heavy atom. The zero-order chi connectivity index (χ0) is 21.0. The van der Waals surface area contributed by atoms with Gasteiger partial charge in [0.25, 0.3) is 5.91 Å². The van der Waals surface area contributed by atoms with E-state index in [0.717, 1.165) is 28.2 Å². The molecule has 2 aromatic carbocycles. The van der Waals surface area contributed by atoms with Crippen molar-refractivity contribution in [2.45, 2.75) is 26.8 Å². The number of aromatic hydroxyl groups is 1. The molecule has 0 saturated heterocycles. The van der Waals surface area contributed by atoms with Crippen molar-refractivity contribution in [3.63, 3.8) is 0 Å². The highest BCUT2D eigenvalue weighted by Crippen LogP contribution is 2.24. The van der Waals surface area contributed by atoms with Gasteiger partial charge in [0.1, 0.15) is 17.4 Å². The minimum Gasteiger partial charge on any atom is -0.508 e. The van der Waals surface area contributed by atoms with Crippen LogP contribution in [0.3, 0.4) is 0 Å². The molecule has 1 aromatic heterocycles. The van der Waals surface area contributed by atoms with E-state index in [2.05, 4.69) is 5.32 Å². The Kier molecular flexibility index (Phi) is 5.85. The molecule has 0 fully saturated rings. The third kappa shape index (κ3) is 4.39. The number of nitriles is 1. The van der Waals surface area contributed by atoms with Crippen molar-refractivity contribution in [1.29, 1.82) is 5.26 Å². The van der Waals surface area contributed by atoms with E-state index in [4.69, 9.17) is 0 Å². The maximum atomic E-state index is 12.6. The molecule has 5 heteroatoms. The smallest absolute Gasteiger partial charge is 0.262 e. The summed E-state index contributed by atoms with van der Waals surface area (Å²) in [7, 11) is 0. The van der Waals surface area contributed by atoms with E-state index < -0.39 is 5.91 Å². The van der Waals surface area contributed by atoms with Crippen LogP contribution in [0.5, 0.6) is 5.75 Å². The summed E-state index contributed by atoms with van der Waals surface area (Å²) in [5.74, 6) is -0.203. The van der Waals surface area contributed by atoms with Gasteiger partial charge in [-0.1, -0.05) is 30.3 Å². The molecule has 0 unspecified atom stereocenters. The second-order valence-corrected chi connectivity index (χ2v) is 6.95. The second kappa shape index (κ2) is 8.49. The van der Waals surface area contributed by atoms with Crippen molar-refractivity contribution in [2.75, 3.05) is 0 Å². The molecular formula is C24H23N3O2. The number of phenolic OH excluding ortho intramolecular Hbond substituents is 1. The Morgan fingerprint density at radius 2 is 1.79 bits per heavy atom. The number of nitrogens with zero attached hydrogens (tertiary/aromatic N) is 2. The Hall–Kier alpha value is -3.78. The minimum absolute atomic E-state index is 0.0544. The summed E-state index contributed by atoms with van der Waals surface area (Å²) < 4.78 is 2.02. The van der Waals surface area contributed by atoms with Gasteiger partial charge in [0.15, 0.2) is 0 Å². The normalized spacial score (nSPS) is 12.3. The first kappa shape index (κ1) is 20.0. The summed E-state index contributed by atoms with van der Waals surface area (Å²) in [5, 5.41) is 21.9. The van der Waals surface area contributed by atoms with Gasteiger partial charge in [-0.25, -0.2) is 0 Å². The summed E-state index contributed by atoms with van der Waals surface area (Å²) in [6.07, 6.45) is 1.62. The number of benzene rings is 2. The van der Waals surface area contributed by atoms with Crippen molar-refractivity contribution in [3.8, 4) is 17.5 Å². The molecule has 0 spiro atoms. The topological polar surface area (TPSA) is 78.0 Å². The van der Waals surface area contributed by atoms with Crippen LogP contribution < -0.4 is 5.32 Å². The standard InChI is InChI=1S/C24H23N3O2/c1-16-13-20(18(3)27(16)22-9-11-23(28)12-10-22)14-21(15-25)24(29)26-17(2)19-7-5-4-6-8-19/h4-14,17,28H,1-3H3,(H,26,29)/b21-14-/t17-/m0/s1. The first-order valence-electron chi connectivity index (χ1n) is 9.36. The largest absolute Gasteiger partial charge is 0.508 e. The molecule has 3 aromatic rings. The summed E-state index contributed by atoms with van der Waals surface area (Å²) in [6, 6.07) is 20.3. The van der Waals surface area contributed by atoms with Crippen molar-refractivity contribution < 1.29 is 9.90 Å². The van der Waals surface area contributed by atoms with Crippen LogP contribution in [-0.4, -0.2) is 15.6 Å². The van der Waals surface area contributed by atoms with Gasteiger partial charge in [-0.15, -0.1) is 0 Å². The van der Waals surface area contributed by atoms with Gasteiger partial charge in [0.2, 0.25) is 0 Å². The lowest BCUT2D eigenvalue weighted by Crippen LogP contribution is -2.27. The maximum Gasteiger partial charge on any atom is 0.262 e. The molecule has 0 aliphatic heterocycles. The maximum absolute atomic E-state index is 12.6. The molecule has 0 aliphatic rings. The van der Waals surface area contributed by atoms with Gasteiger partial charge in [-0.2, -0.15) is 5.26 Å². The number of rotatable bonds is 5. The molecule has 29 heavy (non-hydrogen) atoms. The number of hydrogen-bond donors (Lipinski definition) is 2. The van der Waals surface area contributed by atoms with Crippen LogP contribution in [0, 0.1) is 25.2 Å². The van der Waals surface area contributed by atoms with Crippen LogP contribution in [0.1, 0.15) is 35.5 Å². The molecule has 0 bridgehead atoms. The number of aryl methyl sites for hydroxylation is 1. The zero-order valence-electron chi connectivity index (χ0n) is 16.7. The molecule has 5 nitrogen and oxygen atoms in total. The van der Waals surface area contributed by atoms with E-state index in [1.807, 2.05) is 79.9 Å². The van der Waals surface area contributed by atoms with Gasteiger partial charge < -0.3 is 15.0 Å². The Balaban J connectivity index is 1.88. The quantitative estimate of drug-likeness (QED) is 0.498. The molecule has 2 N–H and O–H groups in total. The van der Waals surface area contributed by atoms with E-state index in [-0.39, 0.29) is 17.4 Å². The molecule has 1 atom stereocenters. The molecular weight excluding hydrogens is 362 g/mol. The highest BCUT2D eigenvalue weighted by atomic mass is 16.3. The van der Waals surface area contributed by atoms with E-state index in [1.54, 1.807) is 18.2 Å². The van der Waals surface area contributed by atoms with Gasteiger partial charge in [-0.3, -0.25) is 4.79 Å². The number of phenols is 1. The number of carbonyl (C=O) groups is 1. The summed E-state index contributed by atoms with van der Waals surface area (Å²) in [5.41, 5.74) is 4.61. The molecule has 146 valence electrons. The van der Waals surface area contributed by atoms with E-state index in [1.165, 1.54) is 0 Å². The lowest BCUT2D eigenvalue weighted by atomic mass is 10.1. The van der Waals surface area contributed by atoms with Crippen molar-refractivity contribution in [1.82, 2.24) is 9.88 Å². The first-order chi connectivity index (χ1) is 13.9. The number of carbonyl (C=O) groups excluding carboxylic acids is 1. The zero-order valence-corrected chi connectivity index (χ0v) is 16.7. The highest BCUT2D eigenvalue weighted by molar-refractivity contribution is 6.02. The number of amides is 1. The average molecular weight is 385 g/mol. The van der Waals surface area contributed by atoms with Gasteiger partial charge in [0, 0.05) is 17.1 Å². The number of hydrogen-bond acceptors (Lipinski definition) is 3. The van der Waals surface area contributed by atoms with E-state index in [9.17, 15) is 15.2 Å². The summed E-state index contributed by atoms with van der Waals surface area (Å²) in [6.45, 7) is 5.78. The molecule has 0 saturated carbocycles. The fraction of sp³-hybridized carbons (Fsp3) is 0.167. The molecule has 3 rings (SSSR count). The Morgan fingerprint density at radius 1 is 1.14 bits per heavy atom. The number of aromatic nitrogens is 1. The van der Waals surface area contributed by atoms with Gasteiger partial charge in [-0.05, 0) is 68.3 Å². The average Bonchev–Trinajstić information content (AvgIpc) is 3.00. The summed E-state index contributed by atoms with van der Waals surface area (Å²) >= 11 is 0. The fourth-order valence-electron chi connectivity index (χ4n) is 3.34. The monoisotopic (exact) mass is 385 g/mol. The lowest BCUT2D eigenvalue weighted by molar-refractivity contribution is -0.117. The third-order valence-electron chi connectivity index (χ3n) is 4.89. The Labute approximate surface area is 170 Å². The minimum atomic E-state index is -0.404. The van der Waals surface area contributed by atoms with Crippen molar-refractivity contribution in [2.24, 2.45) is 0 Å². The van der Waals surface area contributed by atoms with Crippen LogP contribution in [0.4, 0.5) is 0 Å². The molecule has 1 amide bonds. The second-order valence-electron chi connectivity index (χ2n) is 6.95. The van der Waals surface area contributed by atoms with Crippen molar-refractivity contribution >= 4 is 12.0 Å². The van der Waals surface area contributed by atoms with Crippen LogP contribution in [0.15, 0.2) is 66.2 Å². The van der Waals surface area contributed by atoms with Crippen molar-refractivity contribution in [3.05, 3.63) is 88.8 Å². The molecule has 0 radical (unpaired) electrons. The van der Waals surface area contributed by atoms with Gasteiger partial charge >= 0.3 is 0 Å². The predicted molar refractivity (Wildman–Crippen MR) is 113 cm³/mol. The van der Waals surface area contributed by atoms with E-state index >= 15 is 0 Å². The summed E-state index contributed by atoms with van der Waals surface area (Å²) in [4.78, 5) is 12.6. The fourth-order valence-corrected chi connectivity index (χ4v) is 3.34. The van der Waals surface area contributed by atoms with Gasteiger partial charge in [0.05, 0.1) is 6.04 Å². The third-order valence-corrected chi connectivity index (χ3v) is 4.89. The lowest BCUT2D eigenvalue weighted by Gasteiger charge is -2.13. The van der Waals surface area contributed by atoms with Crippen LogP contribution in [0.25, 0.3) is 11.8 Å². The molecule has 1 heterocycles. The predicted octanol–water partition coefficient (Wildman–Crippen LogP) is 4.58. The number of nitrogens with one attached hydrogen (secondary N) is 1. The van der Waals surface area contributed by atoms with E-state index in [0.29, 0.717) is 0 Å². The first-order valence-corrected chi connectivity index (χ1v) is 9.36. The van der Waals surface area contributed by atoms with Crippen LogP contribution in [-0.2, 0) is 4.79 Å². The van der Waals surface area contributed by atoms with Crippen LogP contribution >= 0.6 is 0 Å². The molecule has 0 aliphatic carbocycles. The Bertz CT molecular complexity index is 1090. The highest BCUT2D eigenvalue weighted by Gasteiger charge is 2.16. The van der Waals surface area contributed by atoms with Crippen LogP contribution in [0.2, 0.25) is 0 Å².